The highest BCUT2D eigenvalue weighted by Gasteiger charge is 2.38. The fraction of sp³-hybridized carbons (Fsp3) is 0.769. The van der Waals surface area contributed by atoms with Gasteiger partial charge in [-0.3, -0.25) is 4.79 Å². The molecule has 1 aromatic heterocycles. The number of hydrogen-bond donors (Lipinski definition) is 2. The Morgan fingerprint density at radius 2 is 2.24 bits per heavy atom. The lowest BCUT2D eigenvalue weighted by Gasteiger charge is -2.30. The predicted molar refractivity (Wildman–Crippen MR) is 87.9 cm³/mol. The molecule has 3 N–H and O–H groups in total. The molecule has 1 heterocycles. The SMILES string of the molecule is CC(CC(C)(NC1CC1)C(N)=O)Sc1nnc(N(C)C)s1. The van der Waals surface area contributed by atoms with E-state index in [1.165, 1.54) is 0 Å². The van der Waals surface area contributed by atoms with Gasteiger partial charge in [-0.25, -0.2) is 0 Å². The minimum atomic E-state index is -0.650. The molecule has 21 heavy (non-hydrogen) atoms. The first kappa shape index (κ1) is 16.5. The van der Waals surface area contributed by atoms with Crippen molar-refractivity contribution in [3.05, 3.63) is 0 Å². The average Bonchev–Trinajstić information content (AvgIpc) is 3.04. The molecule has 0 radical (unpaired) electrons. The summed E-state index contributed by atoms with van der Waals surface area (Å²) in [5.41, 5.74) is 4.94. The fourth-order valence-corrected chi connectivity index (χ4v) is 4.39. The zero-order valence-corrected chi connectivity index (χ0v) is 14.6. The number of rotatable bonds is 8. The van der Waals surface area contributed by atoms with Gasteiger partial charge in [0.2, 0.25) is 11.0 Å². The summed E-state index contributed by atoms with van der Waals surface area (Å²) < 4.78 is 0.921. The van der Waals surface area contributed by atoms with Gasteiger partial charge in [0.1, 0.15) is 0 Å². The van der Waals surface area contributed by atoms with Gasteiger partial charge in [-0.2, -0.15) is 0 Å². The highest BCUT2D eigenvalue weighted by Crippen LogP contribution is 2.34. The van der Waals surface area contributed by atoms with Crippen molar-refractivity contribution < 1.29 is 4.79 Å². The summed E-state index contributed by atoms with van der Waals surface area (Å²) in [5, 5.41) is 12.8. The Balaban J connectivity index is 1.94. The molecule has 6 nitrogen and oxygen atoms in total. The second kappa shape index (κ2) is 6.50. The number of nitrogens with zero attached hydrogens (tertiary/aromatic N) is 3. The molecule has 1 amide bonds. The fourth-order valence-electron chi connectivity index (χ4n) is 2.13. The minimum Gasteiger partial charge on any atom is -0.368 e. The first-order valence-electron chi connectivity index (χ1n) is 7.05. The first-order valence-corrected chi connectivity index (χ1v) is 8.75. The number of primary amides is 1. The van der Waals surface area contributed by atoms with Crippen LogP contribution in [0.1, 0.15) is 33.1 Å². The third-order valence-corrected chi connectivity index (χ3v) is 5.70. The minimum absolute atomic E-state index is 0.233. The van der Waals surface area contributed by atoms with Crippen molar-refractivity contribution in [2.24, 2.45) is 5.73 Å². The summed E-state index contributed by atoms with van der Waals surface area (Å²) in [7, 11) is 3.89. The van der Waals surface area contributed by atoms with Crippen molar-refractivity contribution in [2.75, 3.05) is 19.0 Å². The largest absolute Gasteiger partial charge is 0.368 e. The van der Waals surface area contributed by atoms with Crippen molar-refractivity contribution in [3.8, 4) is 0 Å². The summed E-state index contributed by atoms with van der Waals surface area (Å²) >= 11 is 3.20. The molecule has 2 rings (SSSR count). The van der Waals surface area contributed by atoms with Gasteiger partial charge in [0, 0.05) is 25.4 Å². The molecule has 1 saturated carbocycles. The van der Waals surface area contributed by atoms with Crippen molar-refractivity contribution in [1.82, 2.24) is 15.5 Å². The van der Waals surface area contributed by atoms with Crippen LogP contribution in [0, 0.1) is 0 Å². The van der Waals surface area contributed by atoms with Crippen molar-refractivity contribution >= 4 is 34.1 Å². The van der Waals surface area contributed by atoms with E-state index in [0.717, 1.165) is 22.3 Å². The van der Waals surface area contributed by atoms with Crippen LogP contribution < -0.4 is 16.0 Å². The molecule has 2 unspecified atom stereocenters. The number of thioether (sulfide) groups is 1. The third-order valence-electron chi connectivity index (χ3n) is 3.42. The van der Waals surface area contributed by atoms with Crippen LogP contribution in [0.4, 0.5) is 5.13 Å². The van der Waals surface area contributed by atoms with E-state index in [9.17, 15) is 4.79 Å². The smallest absolute Gasteiger partial charge is 0.237 e. The van der Waals surface area contributed by atoms with E-state index in [4.69, 9.17) is 5.73 Å². The molecule has 1 aliphatic rings. The molecule has 0 aliphatic heterocycles. The number of nitrogens with one attached hydrogen (secondary N) is 1. The molecule has 0 aromatic carbocycles. The maximum Gasteiger partial charge on any atom is 0.237 e. The van der Waals surface area contributed by atoms with Gasteiger partial charge in [0.25, 0.3) is 0 Å². The van der Waals surface area contributed by atoms with Crippen LogP contribution in [0.15, 0.2) is 4.34 Å². The molecule has 118 valence electrons. The molecule has 1 aromatic rings. The van der Waals surface area contributed by atoms with Gasteiger partial charge in [-0.05, 0) is 26.2 Å². The molecule has 2 atom stereocenters. The lowest BCUT2D eigenvalue weighted by molar-refractivity contribution is -0.124. The van der Waals surface area contributed by atoms with Crippen LogP contribution in [0.3, 0.4) is 0 Å². The predicted octanol–water partition coefficient (Wildman–Crippen LogP) is 1.47. The van der Waals surface area contributed by atoms with Gasteiger partial charge < -0.3 is 16.0 Å². The highest BCUT2D eigenvalue weighted by molar-refractivity contribution is 8.01. The second-order valence-electron chi connectivity index (χ2n) is 5.99. The Morgan fingerprint density at radius 3 is 2.71 bits per heavy atom. The lowest BCUT2D eigenvalue weighted by Crippen LogP contribution is -2.55. The second-order valence-corrected chi connectivity index (χ2v) is 8.63. The van der Waals surface area contributed by atoms with E-state index >= 15 is 0 Å². The number of carbonyl (C=O) groups excluding carboxylic acids is 1. The summed E-state index contributed by atoms with van der Waals surface area (Å²) in [6.45, 7) is 3.99. The number of carbonyl (C=O) groups is 1. The van der Waals surface area contributed by atoms with Gasteiger partial charge in [0.05, 0.1) is 5.54 Å². The number of anilines is 1. The maximum absolute atomic E-state index is 11.8. The van der Waals surface area contributed by atoms with Crippen LogP contribution in [-0.2, 0) is 4.79 Å². The van der Waals surface area contributed by atoms with Crippen LogP contribution in [0.2, 0.25) is 0 Å². The highest BCUT2D eigenvalue weighted by atomic mass is 32.2. The van der Waals surface area contributed by atoms with E-state index < -0.39 is 5.54 Å². The standard InChI is InChI=1S/C13H23N5OS2/c1-8(20-12-17-16-11(21-12)18(3)4)7-13(2,10(14)19)15-9-5-6-9/h8-9,15H,5-7H2,1-4H3,(H2,14,19). The summed E-state index contributed by atoms with van der Waals surface area (Å²) in [4.78, 5) is 13.7. The Kier molecular flexibility index (Phi) is 5.11. The molecule has 1 aliphatic carbocycles. The maximum atomic E-state index is 11.8. The first-order chi connectivity index (χ1) is 9.80. The Bertz CT molecular complexity index is 503. The van der Waals surface area contributed by atoms with E-state index in [1.807, 2.05) is 25.9 Å². The lowest BCUT2D eigenvalue weighted by atomic mass is 9.95. The summed E-state index contributed by atoms with van der Waals surface area (Å²) in [5.74, 6) is -0.284. The molecular weight excluding hydrogens is 306 g/mol. The molecule has 8 heteroatoms. The normalized spacial score (nSPS) is 19.0. The van der Waals surface area contributed by atoms with Gasteiger partial charge in [0.15, 0.2) is 4.34 Å². The summed E-state index contributed by atoms with van der Waals surface area (Å²) in [6.07, 6.45) is 2.94. The zero-order chi connectivity index (χ0) is 15.6. The van der Waals surface area contributed by atoms with Crippen molar-refractivity contribution in [1.29, 1.82) is 0 Å². The number of amides is 1. The summed E-state index contributed by atoms with van der Waals surface area (Å²) in [6, 6.07) is 0.446. The number of hydrogen-bond acceptors (Lipinski definition) is 7. The average molecular weight is 329 g/mol. The topological polar surface area (TPSA) is 84.1 Å². The van der Waals surface area contributed by atoms with Gasteiger partial charge >= 0.3 is 0 Å². The molecule has 1 fully saturated rings. The van der Waals surface area contributed by atoms with Crippen LogP contribution in [-0.4, -0.2) is 47.0 Å². The van der Waals surface area contributed by atoms with E-state index in [0.29, 0.717) is 12.5 Å². The van der Waals surface area contributed by atoms with Crippen LogP contribution in [0.25, 0.3) is 0 Å². The molecule has 0 bridgehead atoms. The van der Waals surface area contributed by atoms with Crippen molar-refractivity contribution in [2.45, 2.75) is 54.3 Å². The van der Waals surface area contributed by atoms with Crippen LogP contribution in [0.5, 0.6) is 0 Å². The number of aromatic nitrogens is 2. The third kappa shape index (κ3) is 4.55. The Hall–Kier alpha value is -0.860. The van der Waals surface area contributed by atoms with Gasteiger partial charge in [-0.1, -0.05) is 30.0 Å². The quantitative estimate of drug-likeness (QED) is 0.703. The Labute approximate surface area is 133 Å². The van der Waals surface area contributed by atoms with E-state index in [-0.39, 0.29) is 11.2 Å². The molecular formula is C13H23N5OS2. The molecule has 0 spiro atoms. The van der Waals surface area contributed by atoms with Crippen molar-refractivity contribution in [3.63, 3.8) is 0 Å². The van der Waals surface area contributed by atoms with Crippen LogP contribution >= 0.6 is 23.1 Å². The van der Waals surface area contributed by atoms with E-state index in [2.05, 4.69) is 22.4 Å². The van der Waals surface area contributed by atoms with Gasteiger partial charge in [-0.15, -0.1) is 10.2 Å². The van der Waals surface area contributed by atoms with E-state index in [1.54, 1.807) is 23.1 Å². The monoisotopic (exact) mass is 329 g/mol. The number of nitrogens with two attached hydrogens (primary N) is 1. The Morgan fingerprint density at radius 1 is 1.57 bits per heavy atom. The zero-order valence-electron chi connectivity index (χ0n) is 12.9. The molecule has 0 saturated heterocycles.